The third-order valence-corrected chi connectivity index (χ3v) is 1.95. The molecule has 0 saturated heterocycles. The van der Waals surface area contributed by atoms with Crippen LogP contribution in [0.4, 0.5) is 0 Å². The SMILES string of the molecule is Cc1n[nH]c2nc(O)c(C(=O)O)cc12. The number of nitrogens with one attached hydrogen (secondary N) is 1. The number of aromatic amines is 1. The molecule has 2 rings (SSSR count). The molecule has 0 bridgehead atoms. The molecular weight excluding hydrogens is 186 g/mol. The van der Waals surface area contributed by atoms with Gasteiger partial charge in [-0.25, -0.2) is 4.79 Å². The van der Waals surface area contributed by atoms with Crippen molar-refractivity contribution in [2.75, 3.05) is 0 Å². The first kappa shape index (κ1) is 8.49. The number of carbonyl (C=O) groups is 1. The largest absolute Gasteiger partial charge is 0.493 e. The zero-order valence-electron chi connectivity index (χ0n) is 7.27. The van der Waals surface area contributed by atoms with E-state index >= 15 is 0 Å². The first-order valence-corrected chi connectivity index (χ1v) is 3.87. The second-order valence-corrected chi connectivity index (χ2v) is 2.87. The van der Waals surface area contributed by atoms with E-state index in [2.05, 4.69) is 15.2 Å². The van der Waals surface area contributed by atoms with E-state index in [9.17, 15) is 9.90 Å². The molecule has 0 aliphatic rings. The standard InChI is InChI=1S/C8H7N3O3/c1-3-4-2-5(8(13)14)7(12)9-6(4)11-10-3/h2H,1H3,(H,13,14)(H2,9,10,11,12). The Hall–Kier alpha value is -2.11. The zero-order valence-corrected chi connectivity index (χ0v) is 7.27. The highest BCUT2D eigenvalue weighted by Crippen LogP contribution is 2.21. The van der Waals surface area contributed by atoms with Gasteiger partial charge in [-0.1, -0.05) is 0 Å². The Bertz CT molecular complexity index is 518. The summed E-state index contributed by atoms with van der Waals surface area (Å²) in [6, 6.07) is 1.35. The molecule has 0 aliphatic heterocycles. The maximum atomic E-state index is 10.7. The predicted molar refractivity (Wildman–Crippen MR) is 47.2 cm³/mol. The van der Waals surface area contributed by atoms with Gasteiger partial charge in [-0.3, -0.25) is 5.10 Å². The minimum Gasteiger partial charge on any atom is -0.493 e. The first-order valence-electron chi connectivity index (χ1n) is 3.87. The van der Waals surface area contributed by atoms with Crippen LogP contribution < -0.4 is 0 Å². The van der Waals surface area contributed by atoms with E-state index in [0.717, 1.165) is 0 Å². The maximum Gasteiger partial charge on any atom is 0.341 e. The molecule has 0 aliphatic carbocycles. The van der Waals surface area contributed by atoms with E-state index < -0.39 is 11.8 Å². The number of fused-ring (bicyclic) bond motifs is 1. The molecule has 0 spiro atoms. The number of hydrogen-bond donors (Lipinski definition) is 3. The smallest absolute Gasteiger partial charge is 0.341 e. The lowest BCUT2D eigenvalue weighted by Gasteiger charge is -1.97. The molecule has 0 aromatic carbocycles. The van der Waals surface area contributed by atoms with E-state index in [-0.39, 0.29) is 5.56 Å². The first-order chi connectivity index (χ1) is 6.59. The Labute approximate surface area is 78.2 Å². The van der Waals surface area contributed by atoms with E-state index in [1.54, 1.807) is 6.92 Å². The summed E-state index contributed by atoms with van der Waals surface area (Å²) in [5, 5.41) is 25.0. The molecule has 0 unspecified atom stereocenters. The van der Waals surface area contributed by atoms with Crippen molar-refractivity contribution in [1.82, 2.24) is 15.2 Å². The molecule has 2 aromatic rings. The Balaban J connectivity index is 2.80. The fourth-order valence-electron chi connectivity index (χ4n) is 1.22. The van der Waals surface area contributed by atoms with Crippen LogP contribution in [0.15, 0.2) is 6.07 Å². The number of carboxylic acids is 1. The highest BCUT2D eigenvalue weighted by Gasteiger charge is 2.14. The monoisotopic (exact) mass is 193 g/mol. The third-order valence-electron chi connectivity index (χ3n) is 1.95. The number of rotatable bonds is 1. The molecule has 6 nitrogen and oxygen atoms in total. The van der Waals surface area contributed by atoms with Crippen LogP contribution >= 0.6 is 0 Å². The van der Waals surface area contributed by atoms with Crippen LogP contribution in [0.1, 0.15) is 16.1 Å². The summed E-state index contributed by atoms with van der Waals surface area (Å²) in [5.41, 5.74) is 0.807. The van der Waals surface area contributed by atoms with Gasteiger partial charge in [0.15, 0.2) is 5.65 Å². The molecule has 2 aromatic heterocycles. The van der Waals surface area contributed by atoms with Gasteiger partial charge in [-0.15, -0.1) is 0 Å². The second-order valence-electron chi connectivity index (χ2n) is 2.87. The molecule has 0 amide bonds. The van der Waals surface area contributed by atoms with Crippen LogP contribution in [0.3, 0.4) is 0 Å². The number of aromatic carboxylic acids is 1. The quantitative estimate of drug-likeness (QED) is 0.618. The molecule has 14 heavy (non-hydrogen) atoms. The third kappa shape index (κ3) is 1.08. The summed E-state index contributed by atoms with van der Waals surface area (Å²) in [7, 11) is 0. The van der Waals surface area contributed by atoms with E-state index in [1.807, 2.05) is 0 Å². The number of aryl methyl sites for hydroxylation is 1. The number of carboxylic acid groups (broad SMARTS) is 1. The number of H-pyrrole nitrogens is 1. The molecular formula is C8H7N3O3. The summed E-state index contributed by atoms with van der Waals surface area (Å²) < 4.78 is 0. The summed E-state index contributed by atoms with van der Waals surface area (Å²) in [6.07, 6.45) is 0. The van der Waals surface area contributed by atoms with Crippen LogP contribution in [0.2, 0.25) is 0 Å². The fraction of sp³-hybridized carbons (Fsp3) is 0.125. The van der Waals surface area contributed by atoms with Gasteiger partial charge in [0, 0.05) is 5.39 Å². The van der Waals surface area contributed by atoms with E-state index in [0.29, 0.717) is 16.7 Å². The van der Waals surface area contributed by atoms with Crippen LogP contribution in [0.25, 0.3) is 11.0 Å². The summed E-state index contributed by atoms with van der Waals surface area (Å²) in [6.45, 7) is 1.73. The van der Waals surface area contributed by atoms with Gasteiger partial charge in [-0.2, -0.15) is 10.1 Å². The molecule has 6 heteroatoms. The predicted octanol–water partition coefficient (Wildman–Crippen LogP) is 0.670. The van der Waals surface area contributed by atoms with Gasteiger partial charge < -0.3 is 10.2 Å². The Morgan fingerprint density at radius 2 is 2.29 bits per heavy atom. The van der Waals surface area contributed by atoms with Crippen molar-refractivity contribution in [2.24, 2.45) is 0 Å². The van der Waals surface area contributed by atoms with Crippen molar-refractivity contribution in [3.8, 4) is 5.88 Å². The van der Waals surface area contributed by atoms with Gasteiger partial charge in [0.05, 0.1) is 5.69 Å². The lowest BCUT2D eigenvalue weighted by atomic mass is 10.2. The second kappa shape index (κ2) is 2.69. The van der Waals surface area contributed by atoms with Crippen LogP contribution in [0, 0.1) is 6.92 Å². The lowest BCUT2D eigenvalue weighted by Crippen LogP contribution is -1.98. The summed E-state index contributed by atoms with van der Waals surface area (Å²) >= 11 is 0. The molecule has 0 saturated carbocycles. The lowest BCUT2D eigenvalue weighted by molar-refractivity contribution is 0.0693. The molecule has 0 fully saturated rings. The minimum atomic E-state index is -1.21. The molecule has 0 radical (unpaired) electrons. The van der Waals surface area contributed by atoms with Crippen molar-refractivity contribution in [1.29, 1.82) is 0 Å². The van der Waals surface area contributed by atoms with E-state index in [1.165, 1.54) is 6.07 Å². The molecule has 0 atom stereocenters. The number of nitrogens with zero attached hydrogens (tertiary/aromatic N) is 2. The Morgan fingerprint density at radius 3 is 2.93 bits per heavy atom. The number of aromatic hydroxyl groups is 1. The van der Waals surface area contributed by atoms with Gasteiger partial charge >= 0.3 is 5.97 Å². The zero-order chi connectivity index (χ0) is 10.3. The van der Waals surface area contributed by atoms with Crippen molar-refractivity contribution >= 4 is 17.0 Å². The maximum absolute atomic E-state index is 10.7. The highest BCUT2D eigenvalue weighted by molar-refractivity contribution is 5.94. The van der Waals surface area contributed by atoms with E-state index in [4.69, 9.17) is 5.11 Å². The van der Waals surface area contributed by atoms with Gasteiger partial charge in [0.2, 0.25) is 5.88 Å². The minimum absolute atomic E-state index is 0.220. The number of hydrogen-bond acceptors (Lipinski definition) is 4. The highest BCUT2D eigenvalue weighted by atomic mass is 16.4. The fourth-order valence-corrected chi connectivity index (χ4v) is 1.22. The molecule has 72 valence electrons. The van der Waals surface area contributed by atoms with Crippen LogP contribution in [-0.4, -0.2) is 31.4 Å². The topological polar surface area (TPSA) is 99.1 Å². The molecule has 2 heterocycles. The summed E-state index contributed by atoms with van der Waals surface area (Å²) in [4.78, 5) is 14.3. The van der Waals surface area contributed by atoms with Crippen molar-refractivity contribution < 1.29 is 15.0 Å². The Kier molecular flexibility index (Phi) is 1.63. The average Bonchev–Trinajstić information content (AvgIpc) is 2.46. The summed E-state index contributed by atoms with van der Waals surface area (Å²) in [5.74, 6) is -1.72. The van der Waals surface area contributed by atoms with Crippen molar-refractivity contribution in [2.45, 2.75) is 6.92 Å². The van der Waals surface area contributed by atoms with Crippen LogP contribution in [-0.2, 0) is 0 Å². The van der Waals surface area contributed by atoms with Gasteiger partial charge in [0.1, 0.15) is 5.56 Å². The Morgan fingerprint density at radius 1 is 1.57 bits per heavy atom. The number of aromatic nitrogens is 3. The average molecular weight is 193 g/mol. The van der Waals surface area contributed by atoms with Gasteiger partial charge in [0.25, 0.3) is 0 Å². The van der Waals surface area contributed by atoms with Crippen molar-refractivity contribution in [3.05, 3.63) is 17.3 Å². The molecule has 3 N–H and O–H groups in total. The van der Waals surface area contributed by atoms with Gasteiger partial charge in [-0.05, 0) is 13.0 Å². The number of pyridine rings is 1. The normalized spacial score (nSPS) is 10.6. The van der Waals surface area contributed by atoms with Crippen LogP contribution in [0.5, 0.6) is 5.88 Å². The van der Waals surface area contributed by atoms with Crippen molar-refractivity contribution in [3.63, 3.8) is 0 Å².